The van der Waals surface area contributed by atoms with E-state index in [-0.39, 0.29) is 11.3 Å². The highest BCUT2D eigenvalue weighted by atomic mass is 16.5. The van der Waals surface area contributed by atoms with Gasteiger partial charge in [-0.15, -0.1) is 0 Å². The molecule has 0 bridgehead atoms. The maximum absolute atomic E-state index is 11.9. The summed E-state index contributed by atoms with van der Waals surface area (Å²) < 4.78 is 5.84. The summed E-state index contributed by atoms with van der Waals surface area (Å²) in [4.78, 5) is 20.1. The molecule has 1 N–H and O–H groups in total. The second-order valence-corrected chi connectivity index (χ2v) is 7.83. The average Bonchev–Trinajstić information content (AvgIpc) is 2.63. The van der Waals surface area contributed by atoms with Gasteiger partial charge in [-0.3, -0.25) is 14.8 Å². The molecule has 0 atom stereocenters. The van der Waals surface area contributed by atoms with Gasteiger partial charge in [-0.05, 0) is 48.8 Å². The number of hydrogen-bond acceptors (Lipinski definition) is 4. The number of ether oxygens (including phenoxy) is 1. The summed E-state index contributed by atoms with van der Waals surface area (Å²) in [6.07, 6.45) is 7.97. The van der Waals surface area contributed by atoms with Gasteiger partial charge in [-0.25, -0.2) is 0 Å². The molecule has 0 radical (unpaired) electrons. The van der Waals surface area contributed by atoms with E-state index in [9.17, 15) is 4.79 Å². The maximum Gasteiger partial charge on any atom is 0.220 e. The lowest BCUT2D eigenvalue weighted by Gasteiger charge is -2.20. The highest BCUT2D eigenvalue weighted by molar-refractivity contribution is 5.75. The average molecular weight is 370 g/mol. The van der Waals surface area contributed by atoms with Crippen molar-refractivity contribution in [2.75, 3.05) is 13.2 Å². The van der Waals surface area contributed by atoms with Gasteiger partial charge in [0.15, 0.2) is 0 Å². The highest BCUT2D eigenvalue weighted by Crippen LogP contribution is 2.27. The van der Waals surface area contributed by atoms with E-state index in [2.05, 4.69) is 55.1 Å². The van der Waals surface area contributed by atoms with Crippen LogP contribution in [0.2, 0.25) is 0 Å². The summed E-state index contributed by atoms with van der Waals surface area (Å²) in [5.41, 5.74) is 3.52. The number of aryl methyl sites for hydroxylation is 2. The normalized spacial score (nSPS) is 11.3. The third-order valence-electron chi connectivity index (χ3n) is 4.40. The summed E-state index contributed by atoms with van der Waals surface area (Å²) in [6.45, 7) is 9.87. The number of carbonyl (C=O) groups excluding carboxylic acids is 1. The van der Waals surface area contributed by atoms with Crippen LogP contribution in [0.15, 0.2) is 36.8 Å². The van der Waals surface area contributed by atoms with Gasteiger partial charge in [0, 0.05) is 31.6 Å². The maximum atomic E-state index is 11.9. The Balaban J connectivity index is 1.61. The molecule has 146 valence electrons. The van der Waals surface area contributed by atoms with Crippen molar-refractivity contribution in [3.63, 3.8) is 0 Å². The van der Waals surface area contributed by atoms with Crippen LogP contribution in [0.25, 0.3) is 0 Å². The molecule has 1 amide bonds. The van der Waals surface area contributed by atoms with Gasteiger partial charge in [0.2, 0.25) is 5.91 Å². The SMILES string of the molecule is Cc1cc(C(C)(C)C)ccc1OCCCC(=O)NCCCc1cnccn1. The number of rotatable bonds is 9. The number of amides is 1. The summed E-state index contributed by atoms with van der Waals surface area (Å²) in [7, 11) is 0. The third kappa shape index (κ3) is 7.37. The van der Waals surface area contributed by atoms with Crippen LogP contribution in [0.1, 0.15) is 56.9 Å². The van der Waals surface area contributed by atoms with E-state index in [0.717, 1.165) is 29.8 Å². The topological polar surface area (TPSA) is 64.1 Å². The standard InChI is InChI=1S/C22H31N3O2/c1-17-15-18(22(2,3)4)9-10-20(17)27-14-6-8-21(26)25-11-5-7-19-16-23-12-13-24-19/h9-10,12-13,15-16H,5-8,11,14H2,1-4H3,(H,25,26). The zero-order valence-corrected chi connectivity index (χ0v) is 16.9. The van der Waals surface area contributed by atoms with Crippen LogP contribution in [0.3, 0.4) is 0 Å². The number of carbonyl (C=O) groups is 1. The van der Waals surface area contributed by atoms with Crippen molar-refractivity contribution in [3.8, 4) is 5.75 Å². The van der Waals surface area contributed by atoms with E-state index in [0.29, 0.717) is 26.0 Å². The Labute approximate surface area is 162 Å². The quantitative estimate of drug-likeness (QED) is 0.679. The van der Waals surface area contributed by atoms with Crippen LogP contribution in [-0.4, -0.2) is 29.0 Å². The van der Waals surface area contributed by atoms with Gasteiger partial charge in [-0.2, -0.15) is 0 Å². The molecule has 1 aromatic heterocycles. The monoisotopic (exact) mass is 369 g/mol. The van der Waals surface area contributed by atoms with Crippen LogP contribution in [-0.2, 0) is 16.6 Å². The molecule has 27 heavy (non-hydrogen) atoms. The first kappa shape index (κ1) is 20.9. The fourth-order valence-corrected chi connectivity index (χ4v) is 2.74. The molecule has 2 rings (SSSR count). The Morgan fingerprint density at radius 1 is 1.19 bits per heavy atom. The first-order valence-corrected chi connectivity index (χ1v) is 9.62. The van der Waals surface area contributed by atoms with Crippen LogP contribution >= 0.6 is 0 Å². The zero-order chi connectivity index (χ0) is 19.7. The third-order valence-corrected chi connectivity index (χ3v) is 4.40. The minimum absolute atomic E-state index is 0.0672. The van der Waals surface area contributed by atoms with Crippen LogP contribution in [0.5, 0.6) is 5.75 Å². The Hall–Kier alpha value is -2.43. The van der Waals surface area contributed by atoms with Crippen LogP contribution in [0, 0.1) is 6.92 Å². The van der Waals surface area contributed by atoms with Gasteiger partial charge < -0.3 is 10.1 Å². The van der Waals surface area contributed by atoms with Crippen molar-refractivity contribution in [2.45, 2.75) is 58.8 Å². The summed E-state index contributed by atoms with van der Waals surface area (Å²) in [5.74, 6) is 0.963. The van der Waals surface area contributed by atoms with Crippen LogP contribution < -0.4 is 10.1 Å². The molecular weight excluding hydrogens is 338 g/mol. The number of benzene rings is 1. The lowest BCUT2D eigenvalue weighted by atomic mass is 9.86. The number of nitrogens with one attached hydrogen (secondary N) is 1. The second kappa shape index (κ2) is 10.0. The summed E-state index contributed by atoms with van der Waals surface area (Å²) in [6, 6.07) is 6.33. The number of aromatic nitrogens is 2. The fraction of sp³-hybridized carbons (Fsp3) is 0.500. The molecule has 0 saturated heterocycles. The molecule has 1 aromatic carbocycles. The van der Waals surface area contributed by atoms with Crippen molar-refractivity contribution >= 4 is 5.91 Å². The fourth-order valence-electron chi connectivity index (χ4n) is 2.74. The molecule has 0 aliphatic carbocycles. The van der Waals surface area contributed by atoms with Gasteiger partial charge in [0.25, 0.3) is 0 Å². The van der Waals surface area contributed by atoms with Gasteiger partial charge in [-0.1, -0.05) is 32.9 Å². The van der Waals surface area contributed by atoms with Crippen LogP contribution in [0.4, 0.5) is 0 Å². The van der Waals surface area contributed by atoms with E-state index in [1.54, 1.807) is 18.6 Å². The predicted molar refractivity (Wildman–Crippen MR) is 108 cm³/mol. The number of hydrogen-bond donors (Lipinski definition) is 1. The molecule has 5 heteroatoms. The Morgan fingerprint density at radius 2 is 2.00 bits per heavy atom. The zero-order valence-electron chi connectivity index (χ0n) is 16.9. The van der Waals surface area contributed by atoms with Gasteiger partial charge in [0.1, 0.15) is 5.75 Å². The van der Waals surface area contributed by atoms with E-state index in [1.165, 1.54) is 5.56 Å². The molecule has 0 aliphatic heterocycles. The van der Waals surface area contributed by atoms with Crippen molar-refractivity contribution in [1.29, 1.82) is 0 Å². The molecule has 0 fully saturated rings. The molecular formula is C22H31N3O2. The van der Waals surface area contributed by atoms with E-state index >= 15 is 0 Å². The number of nitrogens with zero attached hydrogens (tertiary/aromatic N) is 2. The smallest absolute Gasteiger partial charge is 0.220 e. The van der Waals surface area contributed by atoms with E-state index in [1.807, 2.05) is 6.07 Å². The molecule has 5 nitrogen and oxygen atoms in total. The Bertz CT molecular complexity index is 724. The van der Waals surface area contributed by atoms with E-state index < -0.39 is 0 Å². The van der Waals surface area contributed by atoms with Crippen molar-refractivity contribution in [3.05, 3.63) is 53.6 Å². The minimum atomic E-state index is 0.0672. The lowest BCUT2D eigenvalue weighted by Crippen LogP contribution is -2.25. The largest absolute Gasteiger partial charge is 0.493 e. The lowest BCUT2D eigenvalue weighted by molar-refractivity contribution is -0.121. The van der Waals surface area contributed by atoms with Crippen molar-refractivity contribution in [1.82, 2.24) is 15.3 Å². The molecule has 0 unspecified atom stereocenters. The first-order valence-electron chi connectivity index (χ1n) is 9.62. The highest BCUT2D eigenvalue weighted by Gasteiger charge is 2.14. The van der Waals surface area contributed by atoms with Gasteiger partial charge in [0.05, 0.1) is 12.3 Å². The molecule has 0 spiro atoms. The van der Waals surface area contributed by atoms with Crippen molar-refractivity contribution < 1.29 is 9.53 Å². The minimum Gasteiger partial charge on any atom is -0.493 e. The van der Waals surface area contributed by atoms with Gasteiger partial charge >= 0.3 is 0 Å². The van der Waals surface area contributed by atoms with Crippen molar-refractivity contribution in [2.24, 2.45) is 0 Å². The Kier molecular flexibility index (Phi) is 7.77. The molecule has 0 saturated carbocycles. The Morgan fingerprint density at radius 3 is 2.67 bits per heavy atom. The van der Waals surface area contributed by atoms with E-state index in [4.69, 9.17) is 4.74 Å². The molecule has 2 aromatic rings. The summed E-state index contributed by atoms with van der Waals surface area (Å²) >= 11 is 0. The first-order chi connectivity index (χ1) is 12.9. The molecule has 1 heterocycles. The summed E-state index contributed by atoms with van der Waals surface area (Å²) in [5, 5.41) is 2.94. The predicted octanol–water partition coefficient (Wildman–Crippen LogP) is 3.99. The molecule has 0 aliphatic rings. The second-order valence-electron chi connectivity index (χ2n) is 7.83.